The molecular weight excluding hydrogens is 484 g/mol. The fraction of sp³-hybridized carbons (Fsp3) is 0.400. The number of nitrogens with zero attached hydrogens (tertiary/aromatic N) is 2. The molecule has 1 aromatic heterocycles. The minimum atomic E-state index is -0.917. The van der Waals surface area contributed by atoms with Gasteiger partial charge in [0.25, 0.3) is 5.91 Å². The molecule has 8 heteroatoms. The molecule has 1 saturated heterocycles. The molecule has 38 heavy (non-hydrogen) atoms. The highest BCUT2D eigenvalue weighted by Gasteiger charge is 2.33. The molecule has 8 nitrogen and oxygen atoms in total. The Labute approximate surface area is 222 Å². The Hall–Kier alpha value is -3.46. The van der Waals surface area contributed by atoms with E-state index in [1.807, 2.05) is 18.2 Å². The average Bonchev–Trinajstić information content (AvgIpc) is 3.77. The van der Waals surface area contributed by atoms with Crippen molar-refractivity contribution in [1.82, 2.24) is 9.88 Å². The molecule has 0 bridgehead atoms. The first-order chi connectivity index (χ1) is 18.5. The predicted molar refractivity (Wildman–Crippen MR) is 141 cm³/mol. The number of benzene rings is 2. The molecule has 3 aromatic rings. The predicted octanol–water partition coefficient (Wildman–Crippen LogP) is 3.66. The third kappa shape index (κ3) is 6.32. The Kier molecular flexibility index (Phi) is 8.22. The molecule has 0 spiro atoms. The Bertz CT molecular complexity index is 1240. The molecule has 5 rings (SSSR count). The number of carbonyl (C=O) groups excluding carboxylic acids is 1. The van der Waals surface area contributed by atoms with E-state index in [0.717, 1.165) is 22.6 Å². The van der Waals surface area contributed by atoms with Gasteiger partial charge in [-0.3, -0.25) is 9.78 Å². The van der Waals surface area contributed by atoms with Gasteiger partial charge in [0.2, 0.25) is 0 Å². The van der Waals surface area contributed by atoms with E-state index in [9.17, 15) is 9.90 Å². The molecule has 1 atom stereocenters. The second-order valence-electron chi connectivity index (χ2n) is 10.0. The van der Waals surface area contributed by atoms with Crippen molar-refractivity contribution in [3.63, 3.8) is 0 Å². The first kappa shape index (κ1) is 26.2. The van der Waals surface area contributed by atoms with Crippen LogP contribution in [0.15, 0.2) is 60.8 Å². The molecule has 2 heterocycles. The zero-order chi connectivity index (χ0) is 26.5. The van der Waals surface area contributed by atoms with E-state index >= 15 is 0 Å². The van der Waals surface area contributed by atoms with Crippen molar-refractivity contribution in [2.45, 2.75) is 44.0 Å². The number of likely N-dealkylation sites (tertiary alicyclic amines) is 1. The summed E-state index contributed by atoms with van der Waals surface area (Å²) in [4.78, 5) is 18.9. The van der Waals surface area contributed by atoms with Crippen LogP contribution < -0.4 is 9.47 Å². The van der Waals surface area contributed by atoms with E-state index in [1.54, 1.807) is 30.3 Å². The number of hydrogen-bond donors (Lipinski definition) is 2. The molecule has 0 unspecified atom stereocenters. The lowest BCUT2D eigenvalue weighted by molar-refractivity contribution is -0.0000165. The van der Waals surface area contributed by atoms with Crippen molar-refractivity contribution < 1.29 is 29.2 Å². The topological polar surface area (TPSA) is 101 Å². The Morgan fingerprint density at radius 2 is 1.74 bits per heavy atom. The number of hydrogen-bond acceptors (Lipinski definition) is 7. The number of aliphatic hydroxyl groups excluding tert-OH is 2. The number of rotatable bonds is 12. The van der Waals surface area contributed by atoms with Crippen molar-refractivity contribution >= 4 is 5.91 Å². The third-order valence-corrected chi connectivity index (χ3v) is 7.08. The van der Waals surface area contributed by atoms with Crippen LogP contribution in [-0.4, -0.2) is 65.5 Å². The normalized spacial score (nSPS) is 16.1. The van der Waals surface area contributed by atoms with Gasteiger partial charge in [-0.25, -0.2) is 0 Å². The molecular formula is C30H34N2O6. The number of methoxy groups -OCH3 is 1. The van der Waals surface area contributed by atoms with E-state index < -0.39 is 6.10 Å². The van der Waals surface area contributed by atoms with Crippen LogP contribution in [-0.2, 0) is 18.0 Å². The summed E-state index contributed by atoms with van der Waals surface area (Å²) in [6, 6.07) is 18.1. The van der Waals surface area contributed by atoms with Crippen LogP contribution in [0.2, 0.25) is 0 Å². The molecule has 2 aromatic carbocycles. The Morgan fingerprint density at radius 3 is 2.45 bits per heavy atom. The zero-order valence-corrected chi connectivity index (χ0v) is 21.6. The van der Waals surface area contributed by atoms with Crippen molar-refractivity contribution in [3.8, 4) is 11.5 Å². The quantitative estimate of drug-likeness (QED) is 0.377. The summed E-state index contributed by atoms with van der Waals surface area (Å²) in [6.45, 7) is 1.57. The lowest BCUT2D eigenvalue weighted by Gasteiger charge is -2.39. The van der Waals surface area contributed by atoms with Gasteiger partial charge in [-0.15, -0.1) is 0 Å². The summed E-state index contributed by atoms with van der Waals surface area (Å²) in [5, 5.41) is 18.3. The van der Waals surface area contributed by atoms with Crippen LogP contribution in [0.5, 0.6) is 11.5 Å². The van der Waals surface area contributed by atoms with E-state index in [2.05, 4.69) is 29.2 Å². The van der Waals surface area contributed by atoms with E-state index in [0.29, 0.717) is 36.9 Å². The van der Waals surface area contributed by atoms with Gasteiger partial charge in [0, 0.05) is 25.2 Å². The highest BCUT2D eigenvalue weighted by molar-refractivity contribution is 5.93. The highest BCUT2D eigenvalue weighted by Crippen LogP contribution is 2.40. The maximum Gasteiger partial charge on any atom is 0.272 e. The second-order valence-corrected chi connectivity index (χ2v) is 10.0. The first-order valence-corrected chi connectivity index (χ1v) is 13.0. The Balaban J connectivity index is 1.14. The zero-order valence-electron chi connectivity index (χ0n) is 21.6. The van der Waals surface area contributed by atoms with Crippen molar-refractivity contribution in [1.29, 1.82) is 0 Å². The van der Waals surface area contributed by atoms with Gasteiger partial charge in [0.05, 0.1) is 26.9 Å². The number of aromatic nitrogens is 1. The standard InChI is InChI=1S/C30H34N2O6/c1-36-29-13-24(8-9-28(29)38-18-20-2-4-22(5-3-20)23-6-7-23)25-14-32(15-25)30(35)27-12-21(10-11-31-27)17-37-19-26(34)16-33/h2-5,8-13,23,25-26,33-34H,6-7,14-19H2,1H3/t26-/m0/s1. The molecule has 2 N–H and O–H groups in total. The maximum atomic E-state index is 12.9. The summed E-state index contributed by atoms with van der Waals surface area (Å²) >= 11 is 0. The van der Waals surface area contributed by atoms with Gasteiger partial charge < -0.3 is 29.3 Å². The van der Waals surface area contributed by atoms with Gasteiger partial charge >= 0.3 is 0 Å². The molecule has 0 radical (unpaired) electrons. The molecule has 1 aliphatic carbocycles. The SMILES string of the molecule is COc1cc(C2CN(C(=O)c3cc(COC[C@@H](O)CO)ccn3)C2)ccc1OCc1ccc(C2CC2)cc1. The van der Waals surface area contributed by atoms with Gasteiger partial charge in [-0.1, -0.05) is 30.3 Å². The monoisotopic (exact) mass is 518 g/mol. The number of amides is 1. The summed E-state index contributed by atoms with van der Waals surface area (Å²) in [6.07, 6.45) is 3.26. The highest BCUT2D eigenvalue weighted by atomic mass is 16.5. The maximum absolute atomic E-state index is 12.9. The van der Waals surface area contributed by atoms with Crippen LogP contribution in [0.4, 0.5) is 0 Å². The summed E-state index contributed by atoms with van der Waals surface area (Å²) in [5.74, 6) is 2.21. The molecule has 2 aliphatic rings. The van der Waals surface area contributed by atoms with Crippen LogP contribution in [0, 0.1) is 0 Å². The van der Waals surface area contributed by atoms with Crippen LogP contribution in [0.25, 0.3) is 0 Å². The summed E-state index contributed by atoms with van der Waals surface area (Å²) < 4.78 is 17.1. The van der Waals surface area contributed by atoms with Crippen LogP contribution in [0.3, 0.4) is 0 Å². The fourth-order valence-electron chi connectivity index (χ4n) is 4.58. The van der Waals surface area contributed by atoms with Gasteiger partial charge in [0.1, 0.15) is 18.4 Å². The first-order valence-electron chi connectivity index (χ1n) is 13.0. The van der Waals surface area contributed by atoms with Gasteiger partial charge in [-0.2, -0.15) is 0 Å². The number of aliphatic hydroxyl groups is 2. The molecule has 2 fully saturated rings. The van der Waals surface area contributed by atoms with Gasteiger partial charge in [0.15, 0.2) is 11.5 Å². The Morgan fingerprint density at radius 1 is 0.974 bits per heavy atom. The van der Waals surface area contributed by atoms with Crippen molar-refractivity contribution in [2.24, 2.45) is 0 Å². The molecule has 1 saturated carbocycles. The summed E-state index contributed by atoms with van der Waals surface area (Å²) in [5.41, 5.74) is 4.78. The summed E-state index contributed by atoms with van der Waals surface area (Å²) in [7, 11) is 1.64. The minimum Gasteiger partial charge on any atom is -0.493 e. The molecule has 200 valence electrons. The average molecular weight is 519 g/mol. The second kappa shape index (κ2) is 11.9. The molecule has 1 aliphatic heterocycles. The van der Waals surface area contributed by atoms with Crippen molar-refractivity contribution in [3.05, 3.63) is 88.7 Å². The van der Waals surface area contributed by atoms with Gasteiger partial charge in [-0.05, 0) is 65.3 Å². The van der Waals surface area contributed by atoms with Crippen LogP contribution >= 0.6 is 0 Å². The number of carbonyl (C=O) groups is 1. The van der Waals surface area contributed by atoms with E-state index in [4.69, 9.17) is 19.3 Å². The third-order valence-electron chi connectivity index (χ3n) is 7.08. The fourth-order valence-corrected chi connectivity index (χ4v) is 4.58. The lowest BCUT2D eigenvalue weighted by atomic mass is 9.91. The van der Waals surface area contributed by atoms with Crippen molar-refractivity contribution in [2.75, 3.05) is 33.4 Å². The number of pyridine rings is 1. The largest absolute Gasteiger partial charge is 0.493 e. The lowest BCUT2D eigenvalue weighted by Crippen LogP contribution is -2.48. The minimum absolute atomic E-state index is 0.0245. The molecule has 1 amide bonds. The number of ether oxygens (including phenoxy) is 3. The van der Waals surface area contributed by atoms with Crippen LogP contribution in [0.1, 0.15) is 57.4 Å². The van der Waals surface area contributed by atoms with E-state index in [-0.39, 0.29) is 31.6 Å². The smallest absolute Gasteiger partial charge is 0.272 e. The van der Waals surface area contributed by atoms with E-state index in [1.165, 1.54) is 18.4 Å².